The topological polar surface area (TPSA) is 26.3 Å². The molecule has 0 aliphatic heterocycles. The molecule has 0 atom stereocenters. The van der Waals surface area contributed by atoms with E-state index in [1.807, 2.05) is 12.1 Å². The lowest BCUT2D eigenvalue weighted by Gasteiger charge is -2.17. The van der Waals surface area contributed by atoms with Gasteiger partial charge in [-0.2, -0.15) is 0 Å². The second-order valence-electron chi connectivity index (χ2n) is 8.34. The number of fused-ring (bicyclic) bond motifs is 7. The summed E-state index contributed by atoms with van der Waals surface area (Å²) >= 11 is 0. The van der Waals surface area contributed by atoms with Crippen LogP contribution in [0.5, 0.6) is 0 Å². The first-order chi connectivity index (χ1) is 23.3. The predicted octanol–water partition coefficient (Wildman–Crippen LogP) is 9.97. The van der Waals surface area contributed by atoms with Crippen LogP contribution in [0.4, 0.5) is 0 Å². The summed E-state index contributed by atoms with van der Waals surface area (Å²) in [4.78, 5) is 0. The Kier molecular flexibility index (Phi) is 2.21. The molecule has 0 unspecified atom stereocenters. The zero-order chi connectivity index (χ0) is 35.0. The molecule has 2 nitrogen and oxygen atoms in total. The molecule has 6 aromatic carbocycles. The first-order valence-corrected chi connectivity index (χ1v) is 11.1. The van der Waals surface area contributed by atoms with Gasteiger partial charge >= 0.3 is 0 Å². The lowest BCUT2D eigenvalue weighted by atomic mass is 9.86. The fraction of sp³-hybridized carbons (Fsp3) is 0. The van der Waals surface area contributed by atoms with Gasteiger partial charge in [0.25, 0.3) is 0 Å². The normalized spacial score (nSPS) is 16.9. The van der Waals surface area contributed by atoms with E-state index < -0.39 is 84.1 Å². The summed E-state index contributed by atoms with van der Waals surface area (Å²) in [6.45, 7) is 0. The number of hydrogen-bond donors (Lipinski definition) is 0. The van der Waals surface area contributed by atoms with Gasteiger partial charge in [-0.25, -0.2) is 0 Å². The van der Waals surface area contributed by atoms with Gasteiger partial charge < -0.3 is 8.83 Å². The van der Waals surface area contributed by atoms with E-state index in [9.17, 15) is 0 Å². The molecule has 0 spiro atoms. The van der Waals surface area contributed by atoms with Gasteiger partial charge in [0, 0.05) is 10.8 Å². The molecular formula is C34H20O2. The number of furan rings is 2. The van der Waals surface area contributed by atoms with E-state index in [1.54, 1.807) is 30.5 Å². The number of rotatable bonds is 2. The molecule has 0 radical (unpaired) electrons. The average molecular weight is 474 g/mol. The van der Waals surface area contributed by atoms with Crippen molar-refractivity contribution in [2.45, 2.75) is 0 Å². The van der Waals surface area contributed by atoms with Crippen LogP contribution in [0.1, 0.15) is 17.8 Å². The van der Waals surface area contributed by atoms with Crippen molar-refractivity contribution in [3.8, 4) is 22.3 Å². The predicted molar refractivity (Wildman–Crippen MR) is 149 cm³/mol. The second-order valence-corrected chi connectivity index (χ2v) is 8.34. The molecule has 0 amide bonds. The third-order valence-electron chi connectivity index (χ3n) is 6.47. The molecule has 168 valence electrons. The van der Waals surface area contributed by atoms with E-state index in [2.05, 4.69) is 0 Å². The van der Waals surface area contributed by atoms with E-state index in [1.165, 1.54) is 0 Å². The van der Waals surface area contributed by atoms with Crippen molar-refractivity contribution >= 4 is 54.5 Å². The van der Waals surface area contributed by atoms with E-state index >= 15 is 0 Å². The maximum atomic E-state index is 9.10. The summed E-state index contributed by atoms with van der Waals surface area (Å²) < 4.78 is 125. The van der Waals surface area contributed by atoms with Gasteiger partial charge in [0.15, 0.2) is 0 Å². The summed E-state index contributed by atoms with van der Waals surface area (Å²) in [7, 11) is 0. The lowest BCUT2D eigenvalue weighted by molar-refractivity contribution is 0.618. The third-order valence-corrected chi connectivity index (χ3v) is 6.47. The SMILES string of the molecule is [2H]c1c([2H])c([2H])c(-c2c3c([2H])c([2H])c([2H])c([2H])c3c(-c3ccc4c(c3)oc3ccc5ccoc5c34)c3c([2H])c([2H])c([2H])c([2H])c23)c([2H])c1[2H]. The molecule has 0 aliphatic carbocycles. The molecule has 0 bridgehead atoms. The van der Waals surface area contributed by atoms with E-state index in [-0.39, 0.29) is 32.7 Å². The largest absolute Gasteiger partial charge is 0.464 e. The van der Waals surface area contributed by atoms with Gasteiger partial charge in [-0.1, -0.05) is 84.6 Å². The van der Waals surface area contributed by atoms with Crippen LogP contribution in [-0.2, 0) is 0 Å². The summed E-state index contributed by atoms with van der Waals surface area (Å²) in [5, 5.41) is 1.39. The highest BCUT2D eigenvalue weighted by Crippen LogP contribution is 2.45. The molecular weight excluding hydrogens is 440 g/mol. The summed E-state index contributed by atoms with van der Waals surface area (Å²) in [5.74, 6) is 0. The molecule has 2 aromatic heterocycles. The molecule has 2 heterocycles. The smallest absolute Gasteiger partial charge is 0.145 e. The van der Waals surface area contributed by atoms with Crippen molar-refractivity contribution in [1.29, 1.82) is 0 Å². The van der Waals surface area contributed by atoms with Crippen molar-refractivity contribution in [3.05, 3.63) is 121 Å². The van der Waals surface area contributed by atoms with Crippen molar-refractivity contribution in [1.82, 2.24) is 0 Å². The van der Waals surface area contributed by atoms with Crippen molar-refractivity contribution in [2.75, 3.05) is 0 Å². The van der Waals surface area contributed by atoms with Gasteiger partial charge in [0.2, 0.25) is 0 Å². The molecule has 0 saturated heterocycles. The Morgan fingerprint density at radius 3 is 1.86 bits per heavy atom. The molecule has 2 heteroatoms. The Balaban J connectivity index is 1.66. The van der Waals surface area contributed by atoms with Crippen LogP contribution < -0.4 is 0 Å². The minimum Gasteiger partial charge on any atom is -0.464 e. The minimum absolute atomic E-state index is 0.0330. The fourth-order valence-electron chi connectivity index (χ4n) is 4.98. The molecule has 0 aliphatic rings. The first kappa shape index (κ1) is 10.8. The van der Waals surface area contributed by atoms with E-state index in [0.717, 1.165) is 5.39 Å². The number of benzene rings is 6. The van der Waals surface area contributed by atoms with Crippen LogP contribution in [0.25, 0.3) is 76.7 Å². The highest BCUT2D eigenvalue weighted by atomic mass is 16.3. The van der Waals surface area contributed by atoms with Crippen LogP contribution >= 0.6 is 0 Å². The summed E-state index contributed by atoms with van der Waals surface area (Å²) in [5.41, 5.74) is 1.03. The maximum Gasteiger partial charge on any atom is 0.145 e. The Morgan fingerprint density at radius 2 is 1.17 bits per heavy atom. The number of hydrogen-bond acceptors (Lipinski definition) is 2. The minimum atomic E-state index is -0.718. The van der Waals surface area contributed by atoms with E-state index in [0.29, 0.717) is 33.1 Å². The van der Waals surface area contributed by atoms with Crippen molar-refractivity contribution in [3.63, 3.8) is 0 Å². The van der Waals surface area contributed by atoms with Crippen LogP contribution in [-0.4, -0.2) is 0 Å². The molecule has 36 heavy (non-hydrogen) atoms. The molecule has 8 aromatic rings. The van der Waals surface area contributed by atoms with Gasteiger partial charge in [-0.05, 0) is 74.1 Å². The molecule has 8 rings (SSSR count). The zero-order valence-corrected chi connectivity index (χ0v) is 18.4. The quantitative estimate of drug-likeness (QED) is 0.233. The molecule has 0 fully saturated rings. The zero-order valence-electron chi connectivity index (χ0n) is 31.4. The summed E-state index contributed by atoms with van der Waals surface area (Å²) in [6, 6.07) is 2.00. The Labute approximate surface area is 225 Å². The lowest BCUT2D eigenvalue weighted by Crippen LogP contribution is -1.90. The monoisotopic (exact) mass is 473 g/mol. The maximum absolute atomic E-state index is 9.10. The molecule has 0 N–H and O–H groups in total. The Morgan fingerprint density at radius 1 is 0.528 bits per heavy atom. The molecule has 0 saturated carbocycles. The Bertz CT molecular complexity index is 2710. The van der Waals surface area contributed by atoms with Crippen LogP contribution in [0, 0.1) is 0 Å². The van der Waals surface area contributed by atoms with Crippen molar-refractivity contribution < 1.29 is 26.7 Å². The standard InChI is InChI=1S/C34H20O2/c1-2-8-21(9-3-1)31-24-10-4-6-12-26(24)32(27-13-7-5-11-25(27)31)23-14-16-28-30(20-23)36-29-17-15-22-18-19-35-34(22)33(28)29/h1-20H/i1D,2D,3D,4D,5D,6D,7D,8D,9D,10D,11D,12D,13D. The second kappa shape index (κ2) is 7.34. The van der Waals surface area contributed by atoms with Gasteiger partial charge in [0.05, 0.1) is 29.5 Å². The fourth-order valence-corrected chi connectivity index (χ4v) is 4.98. The first-order valence-electron chi connectivity index (χ1n) is 17.6. The Hall–Kier alpha value is -4.82. The van der Waals surface area contributed by atoms with Gasteiger partial charge in [0.1, 0.15) is 16.7 Å². The summed E-state index contributed by atoms with van der Waals surface area (Å²) in [6.07, 6.45) is 1.56. The van der Waals surface area contributed by atoms with Crippen molar-refractivity contribution in [2.24, 2.45) is 0 Å². The third kappa shape index (κ3) is 2.67. The van der Waals surface area contributed by atoms with Crippen LogP contribution in [0.2, 0.25) is 0 Å². The van der Waals surface area contributed by atoms with Gasteiger partial charge in [-0.15, -0.1) is 0 Å². The van der Waals surface area contributed by atoms with Gasteiger partial charge in [-0.3, -0.25) is 0 Å². The van der Waals surface area contributed by atoms with Crippen LogP contribution in [0.3, 0.4) is 0 Å². The highest BCUT2D eigenvalue weighted by molar-refractivity contribution is 6.22. The van der Waals surface area contributed by atoms with Crippen LogP contribution in [0.15, 0.2) is 130 Å². The highest BCUT2D eigenvalue weighted by Gasteiger charge is 2.18. The average Bonchev–Trinajstić information content (AvgIpc) is 3.73. The van der Waals surface area contributed by atoms with E-state index in [4.69, 9.17) is 26.7 Å².